The molecule has 5 heteroatoms. The van der Waals surface area contributed by atoms with Crippen molar-refractivity contribution in [3.05, 3.63) is 0 Å². The molecule has 0 aliphatic rings. The topological polar surface area (TPSA) is 64.6 Å². The molecule has 1 unspecified atom stereocenters. The van der Waals surface area contributed by atoms with Crippen LogP contribution in [-0.2, 0) is 19.1 Å². The molecular formula is C10H19NO4. The first kappa shape index (κ1) is 13.9. The molecule has 0 aliphatic heterocycles. The number of esters is 2. The Bertz CT molecular complexity index is 206. The zero-order chi connectivity index (χ0) is 11.7. The minimum absolute atomic E-state index is 0.260. The molecule has 0 rings (SSSR count). The Morgan fingerprint density at radius 1 is 1.33 bits per heavy atom. The summed E-state index contributed by atoms with van der Waals surface area (Å²) < 4.78 is 9.34. The third kappa shape index (κ3) is 6.06. The maximum atomic E-state index is 11.1. The monoisotopic (exact) mass is 217 g/mol. The number of carbonyl (C=O) groups is 2. The Kier molecular flexibility index (Phi) is 7.62. The van der Waals surface area contributed by atoms with Crippen LogP contribution < -0.4 is 5.32 Å². The molecule has 1 atom stereocenters. The summed E-state index contributed by atoms with van der Waals surface area (Å²) in [5.74, 6) is -0.564. The number of rotatable bonds is 7. The van der Waals surface area contributed by atoms with Gasteiger partial charge < -0.3 is 14.8 Å². The Balaban J connectivity index is 3.72. The molecule has 15 heavy (non-hydrogen) atoms. The number of carbonyl (C=O) groups excluding carboxylic acids is 2. The van der Waals surface area contributed by atoms with E-state index in [1.165, 1.54) is 7.11 Å². The van der Waals surface area contributed by atoms with Crippen molar-refractivity contribution >= 4 is 11.9 Å². The van der Waals surface area contributed by atoms with E-state index in [1.54, 1.807) is 6.92 Å². The third-order valence-corrected chi connectivity index (χ3v) is 1.92. The van der Waals surface area contributed by atoms with Crippen LogP contribution in [0, 0.1) is 0 Å². The Morgan fingerprint density at radius 3 is 2.47 bits per heavy atom. The highest BCUT2D eigenvalue weighted by molar-refractivity contribution is 5.75. The molecule has 88 valence electrons. The summed E-state index contributed by atoms with van der Waals surface area (Å²) >= 11 is 0. The SMILES string of the molecule is CCOC(=O)CCNC(CC)C(=O)OC. The lowest BCUT2D eigenvalue weighted by atomic mass is 10.2. The first-order chi connectivity index (χ1) is 7.15. The van der Waals surface area contributed by atoms with Crippen LogP contribution in [0.25, 0.3) is 0 Å². The second-order valence-electron chi connectivity index (χ2n) is 2.99. The fourth-order valence-corrected chi connectivity index (χ4v) is 1.12. The Morgan fingerprint density at radius 2 is 2.00 bits per heavy atom. The van der Waals surface area contributed by atoms with Crippen LogP contribution in [0.15, 0.2) is 0 Å². The molecule has 0 heterocycles. The molecule has 5 nitrogen and oxygen atoms in total. The number of methoxy groups -OCH3 is 1. The van der Waals surface area contributed by atoms with Gasteiger partial charge >= 0.3 is 11.9 Å². The molecule has 0 amide bonds. The summed E-state index contributed by atoms with van der Waals surface area (Å²) in [6, 6.07) is -0.343. The van der Waals surface area contributed by atoms with E-state index in [4.69, 9.17) is 4.74 Å². The highest BCUT2D eigenvalue weighted by Gasteiger charge is 2.15. The smallest absolute Gasteiger partial charge is 0.322 e. The molecule has 0 radical (unpaired) electrons. The molecule has 0 aromatic heterocycles. The second-order valence-corrected chi connectivity index (χ2v) is 2.99. The summed E-state index contributed by atoms with van der Waals surface area (Å²) in [5, 5.41) is 2.93. The Hall–Kier alpha value is -1.10. The summed E-state index contributed by atoms with van der Waals surface area (Å²) in [4.78, 5) is 22.1. The summed E-state index contributed by atoms with van der Waals surface area (Å²) in [7, 11) is 1.35. The van der Waals surface area contributed by atoms with Crippen molar-refractivity contribution in [2.75, 3.05) is 20.3 Å². The molecule has 0 saturated heterocycles. The van der Waals surface area contributed by atoms with Gasteiger partial charge in [0, 0.05) is 6.54 Å². The quantitative estimate of drug-likeness (QED) is 0.628. The molecule has 1 N–H and O–H groups in total. The molecule has 0 saturated carbocycles. The molecule has 0 aromatic rings. The van der Waals surface area contributed by atoms with Gasteiger partial charge in [-0.3, -0.25) is 9.59 Å². The van der Waals surface area contributed by atoms with Crippen molar-refractivity contribution in [3.63, 3.8) is 0 Å². The van der Waals surface area contributed by atoms with Gasteiger partial charge in [0.1, 0.15) is 6.04 Å². The standard InChI is InChI=1S/C10H19NO4/c1-4-8(10(13)14-3)11-7-6-9(12)15-5-2/h8,11H,4-7H2,1-3H3. The minimum atomic E-state index is -0.343. The van der Waals surface area contributed by atoms with Gasteiger partial charge in [-0.05, 0) is 13.3 Å². The number of ether oxygens (including phenoxy) is 2. The van der Waals surface area contributed by atoms with E-state index in [0.717, 1.165) is 0 Å². The van der Waals surface area contributed by atoms with E-state index >= 15 is 0 Å². The van der Waals surface area contributed by atoms with Crippen molar-refractivity contribution in [1.29, 1.82) is 0 Å². The Labute approximate surface area is 90.1 Å². The molecule has 0 aliphatic carbocycles. The van der Waals surface area contributed by atoms with E-state index in [1.807, 2.05) is 6.92 Å². The normalized spacial score (nSPS) is 11.9. The number of hydrogen-bond donors (Lipinski definition) is 1. The summed E-state index contributed by atoms with van der Waals surface area (Å²) in [6.07, 6.45) is 0.900. The first-order valence-corrected chi connectivity index (χ1v) is 5.12. The average molecular weight is 217 g/mol. The highest BCUT2D eigenvalue weighted by Crippen LogP contribution is 1.94. The van der Waals surface area contributed by atoms with E-state index in [0.29, 0.717) is 19.6 Å². The predicted molar refractivity (Wildman–Crippen MR) is 55.3 cm³/mol. The van der Waals surface area contributed by atoms with Gasteiger partial charge in [-0.15, -0.1) is 0 Å². The van der Waals surface area contributed by atoms with E-state index in [2.05, 4.69) is 10.1 Å². The maximum Gasteiger partial charge on any atom is 0.322 e. The number of nitrogens with one attached hydrogen (secondary N) is 1. The predicted octanol–water partition coefficient (Wildman–Crippen LogP) is 0.481. The number of hydrogen-bond acceptors (Lipinski definition) is 5. The first-order valence-electron chi connectivity index (χ1n) is 5.12. The van der Waals surface area contributed by atoms with Gasteiger partial charge in [-0.2, -0.15) is 0 Å². The molecule has 0 fully saturated rings. The van der Waals surface area contributed by atoms with Gasteiger partial charge in [0.25, 0.3) is 0 Å². The van der Waals surface area contributed by atoms with Gasteiger partial charge in [-0.1, -0.05) is 6.92 Å². The lowest BCUT2D eigenvalue weighted by molar-refractivity contribution is -0.145. The largest absolute Gasteiger partial charge is 0.468 e. The van der Waals surface area contributed by atoms with Gasteiger partial charge in [0.2, 0.25) is 0 Å². The van der Waals surface area contributed by atoms with Crippen LogP contribution in [0.4, 0.5) is 0 Å². The average Bonchev–Trinajstić information content (AvgIpc) is 2.24. The zero-order valence-corrected chi connectivity index (χ0v) is 9.54. The fourth-order valence-electron chi connectivity index (χ4n) is 1.12. The van der Waals surface area contributed by atoms with Crippen molar-refractivity contribution < 1.29 is 19.1 Å². The van der Waals surface area contributed by atoms with Gasteiger partial charge in [-0.25, -0.2) is 0 Å². The van der Waals surface area contributed by atoms with E-state index in [-0.39, 0.29) is 24.4 Å². The van der Waals surface area contributed by atoms with Crippen LogP contribution in [0.1, 0.15) is 26.7 Å². The minimum Gasteiger partial charge on any atom is -0.468 e. The van der Waals surface area contributed by atoms with Gasteiger partial charge in [0.15, 0.2) is 0 Å². The van der Waals surface area contributed by atoms with Crippen molar-refractivity contribution in [1.82, 2.24) is 5.32 Å². The molecule has 0 spiro atoms. The van der Waals surface area contributed by atoms with E-state index in [9.17, 15) is 9.59 Å². The van der Waals surface area contributed by atoms with Crippen molar-refractivity contribution in [3.8, 4) is 0 Å². The van der Waals surface area contributed by atoms with Crippen LogP contribution in [0.2, 0.25) is 0 Å². The second kappa shape index (κ2) is 8.23. The highest BCUT2D eigenvalue weighted by atomic mass is 16.5. The van der Waals surface area contributed by atoms with E-state index < -0.39 is 0 Å². The molecule has 0 aromatic carbocycles. The fraction of sp³-hybridized carbons (Fsp3) is 0.800. The van der Waals surface area contributed by atoms with Crippen molar-refractivity contribution in [2.45, 2.75) is 32.7 Å². The van der Waals surface area contributed by atoms with Crippen molar-refractivity contribution in [2.24, 2.45) is 0 Å². The molecule has 0 bridgehead atoms. The third-order valence-electron chi connectivity index (χ3n) is 1.92. The molecular weight excluding hydrogens is 198 g/mol. The lowest BCUT2D eigenvalue weighted by Gasteiger charge is -2.13. The van der Waals surface area contributed by atoms with Crippen LogP contribution in [-0.4, -0.2) is 38.2 Å². The van der Waals surface area contributed by atoms with Crippen LogP contribution in [0.3, 0.4) is 0 Å². The summed E-state index contributed by atoms with van der Waals surface area (Å²) in [5.41, 5.74) is 0. The maximum absolute atomic E-state index is 11.1. The van der Waals surface area contributed by atoms with Crippen LogP contribution in [0.5, 0.6) is 0 Å². The van der Waals surface area contributed by atoms with Crippen LogP contribution >= 0.6 is 0 Å². The summed E-state index contributed by atoms with van der Waals surface area (Å²) in [6.45, 7) is 4.44. The van der Waals surface area contributed by atoms with Gasteiger partial charge in [0.05, 0.1) is 20.1 Å². The zero-order valence-electron chi connectivity index (χ0n) is 9.54. The lowest BCUT2D eigenvalue weighted by Crippen LogP contribution is -2.38.